The number of benzene rings is 4. The van der Waals surface area contributed by atoms with Gasteiger partial charge in [-0.25, -0.2) is 19.0 Å². The van der Waals surface area contributed by atoms with Crippen molar-refractivity contribution in [3.8, 4) is 0 Å². The zero-order valence-corrected chi connectivity index (χ0v) is 21.2. The van der Waals surface area contributed by atoms with E-state index in [1.165, 1.54) is 21.5 Å². The minimum atomic E-state index is -1.62. The topological polar surface area (TPSA) is 119 Å². The van der Waals surface area contributed by atoms with Gasteiger partial charge in [-0.05, 0) is 48.6 Å². The number of nitrogens with zero attached hydrogens (tertiary/aromatic N) is 2. The molecule has 0 amide bonds. The molecule has 0 saturated carbocycles. The Labute approximate surface area is 222 Å². The van der Waals surface area contributed by atoms with E-state index in [0.29, 0.717) is 11.1 Å². The van der Waals surface area contributed by atoms with E-state index in [-0.39, 0.29) is 21.9 Å². The molecule has 2 unspecified atom stereocenters. The maximum Gasteiger partial charge on any atom is 0.336 e. The fraction of sp³-hybridized carbons (Fsp3) is 0.0667. The van der Waals surface area contributed by atoms with Crippen LogP contribution in [0.2, 0.25) is 0 Å². The quantitative estimate of drug-likeness (QED) is 0.320. The van der Waals surface area contributed by atoms with Crippen molar-refractivity contribution in [1.29, 1.82) is 0 Å². The summed E-state index contributed by atoms with van der Waals surface area (Å²) >= 11 is 0. The van der Waals surface area contributed by atoms with Crippen LogP contribution in [-0.2, 0) is 0 Å². The number of carboxylic acid groups (broad SMARTS) is 2. The Kier molecular flexibility index (Phi) is 5.97. The van der Waals surface area contributed by atoms with Crippen LogP contribution in [0.25, 0.3) is 10.8 Å². The van der Waals surface area contributed by atoms with Crippen LogP contribution in [-0.4, -0.2) is 31.5 Å². The first-order chi connectivity index (χ1) is 18.9. The number of hydrogen-bond donors (Lipinski definition) is 2. The number of fused-ring (bicyclic) bond motifs is 2. The van der Waals surface area contributed by atoms with Gasteiger partial charge in [-0.1, -0.05) is 78.9 Å². The van der Waals surface area contributed by atoms with Crippen molar-refractivity contribution < 1.29 is 19.8 Å². The van der Waals surface area contributed by atoms with Gasteiger partial charge in [0.1, 0.15) is 11.6 Å². The first kappa shape index (κ1) is 24.5. The maximum absolute atomic E-state index is 14.2. The molecule has 5 aromatic rings. The van der Waals surface area contributed by atoms with Crippen molar-refractivity contribution in [2.24, 2.45) is 0 Å². The first-order valence-electron chi connectivity index (χ1n) is 12.1. The molecule has 0 fully saturated rings. The Morgan fingerprint density at radius 2 is 0.949 bits per heavy atom. The van der Waals surface area contributed by atoms with Gasteiger partial charge in [-0.15, -0.1) is 0 Å². The number of hydrogen-bond acceptors (Lipinski definition) is 4. The molecule has 192 valence electrons. The number of carboxylic acids is 2. The van der Waals surface area contributed by atoms with E-state index in [0.717, 1.165) is 5.30 Å². The summed E-state index contributed by atoms with van der Waals surface area (Å²) in [7, 11) is -1.62. The minimum Gasteiger partial charge on any atom is -0.478 e. The van der Waals surface area contributed by atoms with Crippen molar-refractivity contribution in [2.75, 3.05) is 0 Å². The fourth-order valence-corrected chi connectivity index (χ4v) is 8.71. The van der Waals surface area contributed by atoms with Crippen molar-refractivity contribution in [1.82, 2.24) is 9.36 Å². The first-order valence-corrected chi connectivity index (χ1v) is 13.6. The minimum absolute atomic E-state index is 0.0113. The largest absolute Gasteiger partial charge is 0.478 e. The third kappa shape index (κ3) is 3.80. The lowest BCUT2D eigenvalue weighted by molar-refractivity contribution is 0.0684. The molecule has 0 saturated heterocycles. The van der Waals surface area contributed by atoms with Crippen LogP contribution in [0.1, 0.15) is 43.4 Å². The van der Waals surface area contributed by atoms with Crippen LogP contribution in [0.3, 0.4) is 0 Å². The van der Waals surface area contributed by atoms with Gasteiger partial charge in [0.2, 0.25) is 0 Å². The zero-order chi connectivity index (χ0) is 27.3. The second kappa shape index (κ2) is 9.49. The standard InChI is InChI=1S/C30H21N2O6P/c33-25-19-12-4-5-13-20(19)26(34)32-28(22-15-7-9-17-24(22)30(37)38)39(18-10-2-1-3-11-18)27(31(25)32)21-14-6-8-16-23(21)29(35)36/h1-17,27-28H,(H,35,36)(H,37,38). The molecule has 8 nitrogen and oxygen atoms in total. The molecule has 6 rings (SSSR count). The Balaban J connectivity index is 1.82. The zero-order valence-electron chi connectivity index (χ0n) is 20.3. The average Bonchev–Trinajstić information content (AvgIpc) is 3.32. The molecule has 0 bridgehead atoms. The Bertz CT molecular complexity index is 1780. The SMILES string of the molecule is O=C(O)c1ccccc1C1n2c(=O)c3ccccc3c(=O)n2C(c2ccccc2C(=O)O)P1c1ccccc1. The summed E-state index contributed by atoms with van der Waals surface area (Å²) < 4.78 is 2.71. The second-order valence-electron chi connectivity index (χ2n) is 9.12. The normalized spacial score (nSPS) is 18.1. The Hall–Kier alpha value is -4.81. The molecule has 2 atom stereocenters. The predicted octanol–water partition coefficient (Wildman–Crippen LogP) is 4.47. The Morgan fingerprint density at radius 3 is 1.38 bits per heavy atom. The molecule has 0 aliphatic carbocycles. The lowest BCUT2D eigenvalue weighted by Gasteiger charge is -2.26. The van der Waals surface area contributed by atoms with Crippen molar-refractivity contribution >= 4 is 35.9 Å². The highest BCUT2D eigenvalue weighted by atomic mass is 31.1. The van der Waals surface area contributed by atoms with Crippen LogP contribution >= 0.6 is 7.92 Å². The van der Waals surface area contributed by atoms with Crippen molar-refractivity contribution in [2.45, 2.75) is 11.6 Å². The summed E-state index contributed by atoms with van der Waals surface area (Å²) in [5.74, 6) is -4.03. The van der Waals surface area contributed by atoms with Crippen molar-refractivity contribution in [3.05, 3.63) is 146 Å². The van der Waals surface area contributed by atoms with Gasteiger partial charge in [0.25, 0.3) is 11.1 Å². The van der Waals surface area contributed by atoms with Crippen molar-refractivity contribution in [3.63, 3.8) is 0 Å². The van der Waals surface area contributed by atoms with Crippen LogP contribution in [0.5, 0.6) is 0 Å². The molecule has 9 heteroatoms. The van der Waals surface area contributed by atoms with Gasteiger partial charge in [-0.3, -0.25) is 9.59 Å². The van der Waals surface area contributed by atoms with Crippen LogP contribution in [0.4, 0.5) is 0 Å². The summed E-state index contributed by atoms with van der Waals surface area (Å²) in [5.41, 5.74) is -0.126. The smallest absolute Gasteiger partial charge is 0.336 e. The van der Waals surface area contributed by atoms with Gasteiger partial charge in [0.15, 0.2) is 0 Å². The van der Waals surface area contributed by atoms with Crippen LogP contribution in [0, 0.1) is 0 Å². The van der Waals surface area contributed by atoms with E-state index in [9.17, 15) is 29.4 Å². The summed E-state index contributed by atoms with van der Waals surface area (Å²) in [6, 6.07) is 28.7. The lowest BCUT2D eigenvalue weighted by atomic mass is 10.1. The van der Waals surface area contributed by atoms with E-state index < -0.39 is 42.5 Å². The molecule has 1 aromatic heterocycles. The number of carbonyl (C=O) groups is 2. The van der Waals surface area contributed by atoms with E-state index >= 15 is 0 Å². The van der Waals surface area contributed by atoms with Gasteiger partial charge < -0.3 is 10.2 Å². The molecule has 1 aliphatic heterocycles. The number of rotatable bonds is 5. The lowest BCUT2D eigenvalue weighted by Crippen LogP contribution is -2.37. The second-order valence-corrected chi connectivity index (χ2v) is 11.4. The van der Waals surface area contributed by atoms with Gasteiger partial charge >= 0.3 is 11.9 Å². The van der Waals surface area contributed by atoms with E-state index in [1.807, 2.05) is 30.3 Å². The summed E-state index contributed by atoms with van der Waals surface area (Å²) in [5, 5.41) is 21.4. The molecule has 0 spiro atoms. The van der Waals surface area contributed by atoms with Gasteiger partial charge in [0, 0.05) is 0 Å². The highest BCUT2D eigenvalue weighted by Gasteiger charge is 2.47. The van der Waals surface area contributed by atoms with Crippen LogP contribution < -0.4 is 16.4 Å². The van der Waals surface area contributed by atoms with Gasteiger partial charge in [-0.2, -0.15) is 0 Å². The molecule has 2 N–H and O–H groups in total. The fourth-order valence-electron chi connectivity index (χ4n) is 5.41. The van der Waals surface area contributed by atoms with E-state index in [2.05, 4.69) is 0 Å². The molecular weight excluding hydrogens is 515 g/mol. The summed E-state index contributed by atoms with van der Waals surface area (Å²) in [6.45, 7) is 0. The monoisotopic (exact) mass is 536 g/mol. The molecule has 4 aromatic carbocycles. The highest BCUT2D eigenvalue weighted by Crippen LogP contribution is 2.65. The molecule has 0 radical (unpaired) electrons. The molecular formula is C30H21N2O6P. The molecule has 2 heterocycles. The van der Waals surface area contributed by atoms with Crippen LogP contribution in [0.15, 0.2) is 113 Å². The third-order valence-corrected chi connectivity index (χ3v) is 9.96. The Morgan fingerprint density at radius 1 is 0.564 bits per heavy atom. The summed E-state index contributed by atoms with van der Waals surface area (Å²) in [4.78, 5) is 53.1. The van der Waals surface area contributed by atoms with E-state index in [1.54, 1.807) is 60.7 Å². The maximum atomic E-state index is 14.2. The molecule has 39 heavy (non-hydrogen) atoms. The number of aromatic carboxylic acids is 2. The number of aromatic nitrogens is 2. The molecule has 1 aliphatic rings. The van der Waals surface area contributed by atoms with E-state index in [4.69, 9.17) is 0 Å². The average molecular weight is 536 g/mol. The summed E-state index contributed by atoms with van der Waals surface area (Å²) in [6.07, 6.45) is 0. The highest BCUT2D eigenvalue weighted by molar-refractivity contribution is 7.66. The van der Waals surface area contributed by atoms with Gasteiger partial charge in [0.05, 0.1) is 21.9 Å². The third-order valence-electron chi connectivity index (χ3n) is 7.02. The predicted molar refractivity (Wildman–Crippen MR) is 149 cm³/mol.